The van der Waals surface area contributed by atoms with Crippen molar-refractivity contribution in [1.82, 2.24) is 4.90 Å². The third kappa shape index (κ3) is 4.28. The molecule has 0 spiro atoms. The van der Waals surface area contributed by atoms with Gasteiger partial charge in [0, 0.05) is 25.3 Å². The second-order valence-electron chi connectivity index (χ2n) is 4.55. The topological polar surface area (TPSA) is 55.6 Å². The predicted molar refractivity (Wildman–Crippen MR) is 81.8 cm³/mol. The monoisotopic (exact) mass is 290 g/mol. The zero-order chi connectivity index (χ0) is 14.4. The van der Waals surface area contributed by atoms with Crippen LogP contribution in [0.3, 0.4) is 0 Å². The van der Waals surface area contributed by atoms with Crippen molar-refractivity contribution in [3.63, 3.8) is 0 Å². The minimum absolute atomic E-state index is 0.0695. The van der Waals surface area contributed by atoms with Crippen molar-refractivity contribution in [3.05, 3.63) is 46.7 Å². The zero-order valence-corrected chi connectivity index (χ0v) is 12.2. The van der Waals surface area contributed by atoms with Gasteiger partial charge in [-0.15, -0.1) is 0 Å². The summed E-state index contributed by atoms with van der Waals surface area (Å²) < 4.78 is 5.52. The molecule has 0 saturated heterocycles. The first-order valence-electron chi connectivity index (χ1n) is 6.38. The molecule has 20 heavy (non-hydrogen) atoms. The maximum atomic E-state index is 12.0. The van der Waals surface area contributed by atoms with E-state index in [1.54, 1.807) is 35.4 Å². The van der Waals surface area contributed by atoms with Crippen molar-refractivity contribution in [1.29, 1.82) is 0 Å². The summed E-state index contributed by atoms with van der Waals surface area (Å²) in [7, 11) is 1.81. The van der Waals surface area contributed by atoms with Crippen LogP contribution in [0, 0.1) is 0 Å². The second-order valence-corrected chi connectivity index (χ2v) is 5.33. The summed E-state index contributed by atoms with van der Waals surface area (Å²) in [6.45, 7) is 0.997. The number of carbonyl (C=O) groups excluding carboxylic acids is 1. The number of benzene rings is 1. The van der Waals surface area contributed by atoms with Crippen molar-refractivity contribution in [3.8, 4) is 5.75 Å². The van der Waals surface area contributed by atoms with Gasteiger partial charge in [-0.25, -0.2) is 0 Å². The summed E-state index contributed by atoms with van der Waals surface area (Å²) in [5.74, 6) is 0.762. The Morgan fingerprint density at radius 3 is 2.95 bits per heavy atom. The number of nitrogens with zero attached hydrogens (tertiary/aromatic N) is 1. The van der Waals surface area contributed by atoms with Crippen molar-refractivity contribution in [2.24, 2.45) is 0 Å². The average molecular weight is 290 g/mol. The fraction of sp³-hybridized carbons (Fsp3) is 0.267. The molecule has 1 aromatic heterocycles. The van der Waals surface area contributed by atoms with Gasteiger partial charge in [-0.05, 0) is 34.5 Å². The number of hydrogen-bond acceptors (Lipinski definition) is 4. The lowest BCUT2D eigenvalue weighted by Crippen LogP contribution is -2.27. The Bertz CT molecular complexity index is 555. The van der Waals surface area contributed by atoms with Crippen LogP contribution in [-0.2, 0) is 11.3 Å². The molecule has 0 aliphatic rings. The minimum Gasteiger partial charge on any atom is -0.493 e. The van der Waals surface area contributed by atoms with Crippen LogP contribution < -0.4 is 10.5 Å². The normalized spacial score (nSPS) is 10.2. The quantitative estimate of drug-likeness (QED) is 0.832. The predicted octanol–water partition coefficient (Wildman–Crippen LogP) is 2.76. The molecule has 1 amide bonds. The van der Waals surface area contributed by atoms with E-state index in [1.807, 2.05) is 29.0 Å². The lowest BCUT2D eigenvalue weighted by molar-refractivity contribution is -0.130. The maximum absolute atomic E-state index is 12.0. The number of carbonyl (C=O) groups is 1. The molecule has 0 radical (unpaired) electrons. The van der Waals surface area contributed by atoms with Crippen LogP contribution in [0.25, 0.3) is 0 Å². The fourth-order valence-corrected chi connectivity index (χ4v) is 2.46. The van der Waals surface area contributed by atoms with E-state index >= 15 is 0 Å². The standard InChI is InChI=1S/C15H18N2O2S/c1-17(10-12-6-8-20-11-12)15(18)5-7-19-14-4-2-3-13(16)9-14/h2-4,6,8-9,11H,5,7,10,16H2,1H3. The number of nitrogen functional groups attached to an aromatic ring is 1. The number of amides is 1. The Kier molecular flexibility index (Phi) is 5.01. The highest BCUT2D eigenvalue weighted by Gasteiger charge is 2.09. The van der Waals surface area contributed by atoms with Crippen LogP contribution in [0.5, 0.6) is 5.75 Å². The molecule has 0 fully saturated rings. The molecule has 0 aliphatic carbocycles. The third-order valence-corrected chi connectivity index (χ3v) is 3.60. The molecule has 0 aliphatic heterocycles. The maximum Gasteiger partial charge on any atom is 0.226 e. The molecule has 0 saturated carbocycles. The van der Waals surface area contributed by atoms with E-state index in [4.69, 9.17) is 10.5 Å². The molecule has 0 atom stereocenters. The van der Waals surface area contributed by atoms with Crippen LogP contribution in [0.2, 0.25) is 0 Å². The largest absolute Gasteiger partial charge is 0.493 e. The molecular weight excluding hydrogens is 272 g/mol. The van der Waals surface area contributed by atoms with E-state index < -0.39 is 0 Å². The Hall–Kier alpha value is -2.01. The Labute approximate surface area is 122 Å². The van der Waals surface area contributed by atoms with E-state index in [0.717, 1.165) is 5.56 Å². The van der Waals surface area contributed by atoms with E-state index in [2.05, 4.69) is 0 Å². The van der Waals surface area contributed by atoms with Gasteiger partial charge in [0.2, 0.25) is 5.91 Å². The third-order valence-electron chi connectivity index (χ3n) is 2.87. The molecule has 1 aromatic carbocycles. The SMILES string of the molecule is CN(Cc1ccsc1)C(=O)CCOc1cccc(N)c1. The van der Waals surface area contributed by atoms with Crippen molar-refractivity contribution in [2.45, 2.75) is 13.0 Å². The first-order valence-corrected chi connectivity index (χ1v) is 7.33. The number of thiophene rings is 1. The highest BCUT2D eigenvalue weighted by molar-refractivity contribution is 7.07. The van der Waals surface area contributed by atoms with Gasteiger partial charge in [0.25, 0.3) is 0 Å². The highest BCUT2D eigenvalue weighted by Crippen LogP contribution is 2.15. The first-order chi connectivity index (χ1) is 9.65. The average Bonchev–Trinajstić information content (AvgIpc) is 2.91. The molecule has 0 unspecified atom stereocenters. The fourth-order valence-electron chi connectivity index (χ4n) is 1.80. The van der Waals surface area contributed by atoms with Crippen LogP contribution in [0.4, 0.5) is 5.69 Å². The summed E-state index contributed by atoms with van der Waals surface area (Å²) in [5, 5.41) is 4.06. The number of rotatable bonds is 6. The molecule has 2 N–H and O–H groups in total. The number of ether oxygens (including phenoxy) is 1. The number of hydrogen-bond donors (Lipinski definition) is 1. The van der Waals surface area contributed by atoms with Gasteiger partial charge in [0.05, 0.1) is 13.0 Å². The van der Waals surface area contributed by atoms with Gasteiger partial charge < -0.3 is 15.4 Å². The van der Waals surface area contributed by atoms with Gasteiger partial charge in [0.15, 0.2) is 0 Å². The van der Waals surface area contributed by atoms with Gasteiger partial charge in [-0.3, -0.25) is 4.79 Å². The summed E-state index contributed by atoms with van der Waals surface area (Å²) in [5.41, 5.74) is 7.47. The second kappa shape index (κ2) is 6.96. The molecule has 106 valence electrons. The summed E-state index contributed by atoms with van der Waals surface area (Å²) in [4.78, 5) is 13.7. The van der Waals surface area contributed by atoms with E-state index in [0.29, 0.717) is 31.0 Å². The van der Waals surface area contributed by atoms with Crippen molar-refractivity contribution in [2.75, 3.05) is 19.4 Å². The van der Waals surface area contributed by atoms with Gasteiger partial charge in [0.1, 0.15) is 5.75 Å². The molecule has 1 heterocycles. The van der Waals surface area contributed by atoms with Gasteiger partial charge in [-0.2, -0.15) is 11.3 Å². The van der Waals surface area contributed by atoms with E-state index in [9.17, 15) is 4.79 Å². The van der Waals surface area contributed by atoms with Crippen molar-refractivity contribution >= 4 is 22.9 Å². The van der Waals surface area contributed by atoms with Gasteiger partial charge >= 0.3 is 0 Å². The smallest absolute Gasteiger partial charge is 0.226 e. The Balaban J connectivity index is 1.74. The first kappa shape index (κ1) is 14.4. The molecule has 4 nitrogen and oxygen atoms in total. The van der Waals surface area contributed by atoms with Crippen LogP contribution >= 0.6 is 11.3 Å². The summed E-state index contributed by atoms with van der Waals surface area (Å²) in [6.07, 6.45) is 0.357. The van der Waals surface area contributed by atoms with Crippen LogP contribution in [0.15, 0.2) is 41.1 Å². The molecule has 5 heteroatoms. The van der Waals surface area contributed by atoms with E-state index in [-0.39, 0.29) is 5.91 Å². The lowest BCUT2D eigenvalue weighted by Gasteiger charge is -2.16. The Morgan fingerprint density at radius 1 is 1.40 bits per heavy atom. The number of anilines is 1. The van der Waals surface area contributed by atoms with Crippen LogP contribution in [-0.4, -0.2) is 24.5 Å². The number of nitrogens with two attached hydrogens (primary N) is 1. The van der Waals surface area contributed by atoms with E-state index in [1.165, 1.54) is 0 Å². The molecule has 2 aromatic rings. The highest BCUT2D eigenvalue weighted by atomic mass is 32.1. The Morgan fingerprint density at radius 2 is 2.25 bits per heavy atom. The molecule has 2 rings (SSSR count). The zero-order valence-electron chi connectivity index (χ0n) is 11.4. The minimum atomic E-state index is 0.0695. The molecular formula is C15H18N2O2S. The van der Waals surface area contributed by atoms with Gasteiger partial charge in [-0.1, -0.05) is 6.07 Å². The summed E-state index contributed by atoms with van der Waals surface area (Å²) in [6, 6.07) is 9.23. The lowest BCUT2D eigenvalue weighted by atomic mass is 10.3. The summed E-state index contributed by atoms with van der Waals surface area (Å²) >= 11 is 1.64. The van der Waals surface area contributed by atoms with Crippen LogP contribution in [0.1, 0.15) is 12.0 Å². The molecule has 0 bridgehead atoms. The van der Waals surface area contributed by atoms with Crippen molar-refractivity contribution < 1.29 is 9.53 Å².